The maximum absolute atomic E-state index is 10.2. The van der Waals surface area contributed by atoms with Crippen LogP contribution in [0.4, 0.5) is 0 Å². The van der Waals surface area contributed by atoms with Crippen molar-refractivity contribution < 1.29 is 49.6 Å². The summed E-state index contributed by atoms with van der Waals surface area (Å²) >= 11 is 0. The molecule has 2 heterocycles. The molecule has 0 amide bonds. The van der Waals surface area contributed by atoms with E-state index in [1.54, 1.807) is 0 Å². The molecule has 1 unspecified atom stereocenters. The normalized spacial score (nSPS) is 42.2. The summed E-state index contributed by atoms with van der Waals surface area (Å²) in [5, 5.41) is 59.5. The lowest BCUT2D eigenvalue weighted by atomic mass is 9.90. The monoisotopic (exact) mass is 424 g/mol. The minimum atomic E-state index is -1.50. The second-order valence-corrected chi connectivity index (χ2v) is 8.17. The highest BCUT2D eigenvalue weighted by atomic mass is 16.7. The van der Waals surface area contributed by atoms with Crippen molar-refractivity contribution in [2.75, 3.05) is 19.8 Å². The van der Waals surface area contributed by atoms with Crippen molar-refractivity contribution in [3.63, 3.8) is 0 Å². The molecule has 0 aliphatic carbocycles. The Morgan fingerprint density at radius 1 is 0.862 bits per heavy atom. The van der Waals surface area contributed by atoms with Gasteiger partial charge >= 0.3 is 0 Å². The first-order valence-corrected chi connectivity index (χ1v) is 10.3. The average molecular weight is 424 g/mol. The van der Waals surface area contributed by atoms with Gasteiger partial charge < -0.3 is 49.6 Å². The molecule has 0 radical (unpaired) electrons. The fourth-order valence-corrected chi connectivity index (χ4v) is 3.65. The Morgan fingerprint density at radius 2 is 1.52 bits per heavy atom. The highest BCUT2D eigenvalue weighted by Crippen LogP contribution is 2.25. The second kappa shape index (κ2) is 11.3. The Kier molecular flexibility index (Phi) is 9.68. The molecule has 172 valence electrons. The second-order valence-electron chi connectivity index (χ2n) is 8.17. The van der Waals surface area contributed by atoms with Gasteiger partial charge in [0.15, 0.2) is 12.6 Å². The Labute approximate surface area is 171 Å². The lowest BCUT2D eigenvalue weighted by molar-refractivity contribution is -0.321. The van der Waals surface area contributed by atoms with Crippen LogP contribution in [0.15, 0.2) is 0 Å². The first kappa shape index (κ1) is 24.9. The maximum atomic E-state index is 10.2. The number of rotatable bonds is 9. The van der Waals surface area contributed by atoms with Crippen LogP contribution in [0.3, 0.4) is 0 Å². The quantitative estimate of drug-likeness (QED) is 0.253. The summed E-state index contributed by atoms with van der Waals surface area (Å²) < 4.78 is 21.7. The van der Waals surface area contributed by atoms with Gasteiger partial charge in [-0.1, -0.05) is 27.2 Å². The van der Waals surface area contributed by atoms with E-state index in [2.05, 4.69) is 20.8 Å². The number of aliphatic hydroxyl groups excluding tert-OH is 6. The molecular formula is C19H36O10. The van der Waals surface area contributed by atoms with Gasteiger partial charge in [0, 0.05) is 0 Å². The van der Waals surface area contributed by atoms with Crippen LogP contribution in [-0.2, 0) is 18.9 Å². The average Bonchev–Trinajstić information content (AvgIpc) is 2.69. The lowest BCUT2D eigenvalue weighted by Crippen LogP contribution is -2.60. The van der Waals surface area contributed by atoms with Crippen LogP contribution in [0.2, 0.25) is 0 Å². The summed E-state index contributed by atoms with van der Waals surface area (Å²) in [5.41, 5.74) is 0. The molecule has 10 atom stereocenters. The first-order valence-electron chi connectivity index (χ1n) is 10.3. The maximum Gasteiger partial charge on any atom is 0.186 e. The van der Waals surface area contributed by atoms with E-state index in [1.165, 1.54) is 0 Å². The molecule has 10 heteroatoms. The minimum absolute atomic E-state index is 0.224. The summed E-state index contributed by atoms with van der Waals surface area (Å²) in [5.74, 6) is 0.947. The summed E-state index contributed by atoms with van der Waals surface area (Å²) in [6.07, 6.45) is -10.2. The zero-order chi connectivity index (χ0) is 21.7. The van der Waals surface area contributed by atoms with Crippen molar-refractivity contribution >= 4 is 0 Å². The van der Waals surface area contributed by atoms with E-state index >= 15 is 0 Å². The molecule has 0 aromatic carbocycles. The Morgan fingerprint density at radius 3 is 2.14 bits per heavy atom. The summed E-state index contributed by atoms with van der Waals surface area (Å²) in [6, 6.07) is 0. The van der Waals surface area contributed by atoms with E-state index < -0.39 is 55.3 Å². The Balaban J connectivity index is 1.87. The van der Waals surface area contributed by atoms with Crippen LogP contribution in [0.5, 0.6) is 0 Å². The van der Waals surface area contributed by atoms with E-state index in [9.17, 15) is 30.6 Å². The van der Waals surface area contributed by atoms with E-state index in [-0.39, 0.29) is 13.2 Å². The first-order chi connectivity index (χ1) is 13.7. The standard InChI is InChI=1S/C19H36O10/c1-4-10(9(2)3)5-6-26-19-17(25)15(23)14(22)12(29-19)8-28-18-16(24)13(21)11(20)7-27-18/h9-25H,4-8H2,1-3H3/t10?,11-,12+,13-,14+,15-,16+,17+,18-,19+/m0/s1. The van der Waals surface area contributed by atoms with Gasteiger partial charge in [-0.25, -0.2) is 0 Å². The van der Waals surface area contributed by atoms with Crippen molar-refractivity contribution in [1.29, 1.82) is 0 Å². The molecule has 0 spiro atoms. The topological polar surface area (TPSA) is 158 Å². The van der Waals surface area contributed by atoms with Crippen molar-refractivity contribution in [2.24, 2.45) is 11.8 Å². The van der Waals surface area contributed by atoms with Crippen LogP contribution in [0, 0.1) is 11.8 Å². The molecule has 0 bridgehead atoms. The predicted molar refractivity (Wildman–Crippen MR) is 99.6 cm³/mol. The third kappa shape index (κ3) is 6.30. The van der Waals surface area contributed by atoms with Gasteiger partial charge in [0.1, 0.15) is 42.7 Å². The van der Waals surface area contributed by atoms with Gasteiger partial charge in [-0.3, -0.25) is 0 Å². The highest BCUT2D eigenvalue weighted by Gasteiger charge is 2.45. The van der Waals surface area contributed by atoms with Crippen molar-refractivity contribution in [2.45, 2.75) is 88.9 Å². The number of hydrogen-bond donors (Lipinski definition) is 6. The van der Waals surface area contributed by atoms with Crippen LogP contribution >= 0.6 is 0 Å². The van der Waals surface area contributed by atoms with E-state index in [4.69, 9.17) is 18.9 Å². The van der Waals surface area contributed by atoms with Crippen molar-refractivity contribution in [1.82, 2.24) is 0 Å². The SMILES string of the molecule is CCC(CCO[C@@H]1O[C@H](CO[C@@H]2OC[C@H](O)[C@H](O)[C@H]2O)[C@@H](O)[C@H](O)[C@H]1O)C(C)C. The predicted octanol–water partition coefficient (Wildman–Crippen LogP) is -1.66. The summed E-state index contributed by atoms with van der Waals surface area (Å²) in [6.45, 7) is 6.17. The lowest BCUT2D eigenvalue weighted by Gasteiger charge is -2.41. The smallest absolute Gasteiger partial charge is 0.186 e. The molecule has 2 fully saturated rings. The highest BCUT2D eigenvalue weighted by molar-refractivity contribution is 4.90. The van der Waals surface area contributed by atoms with Crippen molar-refractivity contribution in [3.05, 3.63) is 0 Å². The zero-order valence-electron chi connectivity index (χ0n) is 17.2. The molecule has 0 saturated carbocycles. The van der Waals surface area contributed by atoms with Crippen LogP contribution in [0.25, 0.3) is 0 Å². The van der Waals surface area contributed by atoms with E-state index in [0.29, 0.717) is 18.4 Å². The van der Waals surface area contributed by atoms with E-state index in [0.717, 1.165) is 12.8 Å². The number of ether oxygens (including phenoxy) is 4. The summed E-state index contributed by atoms with van der Waals surface area (Å²) in [7, 11) is 0. The van der Waals surface area contributed by atoms with Gasteiger partial charge in [-0.05, 0) is 18.3 Å². The molecule has 2 aliphatic heterocycles. The molecule has 10 nitrogen and oxygen atoms in total. The molecule has 6 N–H and O–H groups in total. The van der Waals surface area contributed by atoms with Gasteiger partial charge in [-0.2, -0.15) is 0 Å². The zero-order valence-corrected chi connectivity index (χ0v) is 17.2. The molecule has 2 rings (SSSR count). The van der Waals surface area contributed by atoms with Crippen LogP contribution < -0.4 is 0 Å². The van der Waals surface area contributed by atoms with Crippen LogP contribution in [-0.4, -0.2) is 106 Å². The fraction of sp³-hybridized carbons (Fsp3) is 1.00. The number of aliphatic hydroxyl groups is 6. The molecule has 0 aromatic heterocycles. The summed E-state index contributed by atoms with van der Waals surface area (Å²) in [4.78, 5) is 0. The van der Waals surface area contributed by atoms with Crippen LogP contribution in [0.1, 0.15) is 33.6 Å². The molecule has 2 aliphatic rings. The minimum Gasteiger partial charge on any atom is -0.388 e. The van der Waals surface area contributed by atoms with Gasteiger partial charge in [-0.15, -0.1) is 0 Å². The molecule has 0 aromatic rings. The Hall–Kier alpha value is -0.400. The number of hydrogen-bond acceptors (Lipinski definition) is 10. The van der Waals surface area contributed by atoms with E-state index in [1.807, 2.05) is 0 Å². The molecular weight excluding hydrogens is 388 g/mol. The third-order valence-electron chi connectivity index (χ3n) is 5.79. The van der Waals surface area contributed by atoms with Crippen molar-refractivity contribution in [3.8, 4) is 0 Å². The largest absolute Gasteiger partial charge is 0.388 e. The van der Waals surface area contributed by atoms with Gasteiger partial charge in [0.05, 0.1) is 19.8 Å². The van der Waals surface area contributed by atoms with Gasteiger partial charge in [0.25, 0.3) is 0 Å². The van der Waals surface area contributed by atoms with Gasteiger partial charge in [0.2, 0.25) is 0 Å². The molecule has 29 heavy (non-hydrogen) atoms. The fourth-order valence-electron chi connectivity index (χ4n) is 3.65. The third-order valence-corrected chi connectivity index (χ3v) is 5.79. The molecule has 2 saturated heterocycles. The Bertz CT molecular complexity index is 478.